The highest BCUT2D eigenvalue weighted by Crippen LogP contribution is 2.19. The smallest absolute Gasteiger partial charge is 0.142 e. The maximum atomic E-state index is 5.77. The topological polar surface area (TPSA) is 60.2 Å². The molecular weight excluding hydrogens is 294 g/mol. The molecule has 0 atom stereocenters. The van der Waals surface area contributed by atoms with Gasteiger partial charge in [0.25, 0.3) is 0 Å². The Balaban J connectivity index is 1.76. The molecule has 0 aliphatic heterocycles. The van der Waals surface area contributed by atoms with E-state index in [0.29, 0.717) is 24.6 Å². The second-order valence-corrected chi connectivity index (χ2v) is 4.59. The number of nitrogens with two attached hydrogens (primary N) is 1. The first kappa shape index (κ1) is 12.7. The van der Waals surface area contributed by atoms with Crippen molar-refractivity contribution in [3.05, 3.63) is 47.1 Å². The van der Waals surface area contributed by atoms with E-state index in [1.54, 1.807) is 6.20 Å². The molecule has 3 N–H and O–H groups in total. The molecule has 0 saturated heterocycles. The van der Waals surface area contributed by atoms with Crippen LogP contribution in [0.1, 0.15) is 0 Å². The van der Waals surface area contributed by atoms with Gasteiger partial charge in [-0.25, -0.2) is 4.98 Å². The Morgan fingerprint density at radius 2 is 2.06 bits per heavy atom. The van der Waals surface area contributed by atoms with Crippen LogP contribution in [-0.2, 0) is 0 Å². The van der Waals surface area contributed by atoms with Crippen LogP contribution < -0.4 is 15.8 Å². The van der Waals surface area contributed by atoms with E-state index >= 15 is 0 Å². The normalized spacial score (nSPS) is 10.1. The van der Waals surface area contributed by atoms with E-state index in [9.17, 15) is 0 Å². The van der Waals surface area contributed by atoms with E-state index in [0.717, 1.165) is 10.3 Å². The predicted octanol–water partition coefficient (Wildman–Crippen LogP) is 2.92. The molecule has 0 fully saturated rings. The van der Waals surface area contributed by atoms with Gasteiger partial charge < -0.3 is 15.8 Å². The number of pyridine rings is 1. The third kappa shape index (κ3) is 3.63. The Morgan fingerprint density at radius 3 is 2.78 bits per heavy atom. The first-order valence-corrected chi connectivity index (χ1v) is 6.38. The summed E-state index contributed by atoms with van der Waals surface area (Å²) in [6.07, 6.45) is 1.75. The molecule has 0 radical (unpaired) electrons. The summed E-state index contributed by atoms with van der Waals surface area (Å²) in [5.74, 6) is 1.53. The zero-order valence-electron chi connectivity index (χ0n) is 9.77. The minimum atomic E-state index is 0.534. The number of rotatable bonds is 5. The number of para-hydroxylation sites is 2. The van der Waals surface area contributed by atoms with E-state index in [4.69, 9.17) is 10.5 Å². The molecule has 1 aromatic carbocycles. The van der Waals surface area contributed by atoms with Gasteiger partial charge in [-0.1, -0.05) is 12.1 Å². The van der Waals surface area contributed by atoms with Gasteiger partial charge in [-0.2, -0.15) is 0 Å². The number of hydrogen-bond acceptors (Lipinski definition) is 4. The summed E-state index contributed by atoms with van der Waals surface area (Å²) in [5.41, 5.74) is 6.42. The number of aromatic nitrogens is 1. The molecule has 0 aliphatic carbocycles. The SMILES string of the molecule is Nc1ccccc1OCCNc1ccc(Br)cn1. The third-order valence-electron chi connectivity index (χ3n) is 2.31. The summed E-state index contributed by atoms with van der Waals surface area (Å²) in [7, 11) is 0. The van der Waals surface area contributed by atoms with E-state index < -0.39 is 0 Å². The van der Waals surface area contributed by atoms with Crippen molar-refractivity contribution in [2.75, 3.05) is 24.2 Å². The molecule has 0 bridgehead atoms. The average molecular weight is 308 g/mol. The van der Waals surface area contributed by atoms with Gasteiger partial charge >= 0.3 is 0 Å². The number of nitrogens with zero attached hydrogens (tertiary/aromatic N) is 1. The zero-order chi connectivity index (χ0) is 12.8. The fourth-order valence-corrected chi connectivity index (χ4v) is 1.67. The summed E-state index contributed by atoms with van der Waals surface area (Å²) < 4.78 is 6.52. The molecular formula is C13H14BrN3O. The van der Waals surface area contributed by atoms with E-state index in [1.165, 1.54) is 0 Å². The number of halogens is 1. The van der Waals surface area contributed by atoms with E-state index in [2.05, 4.69) is 26.2 Å². The molecule has 18 heavy (non-hydrogen) atoms. The van der Waals surface area contributed by atoms with Crippen molar-refractivity contribution in [3.63, 3.8) is 0 Å². The Bertz CT molecular complexity index is 502. The Morgan fingerprint density at radius 1 is 1.22 bits per heavy atom. The highest BCUT2D eigenvalue weighted by atomic mass is 79.9. The molecule has 94 valence electrons. The molecule has 2 aromatic rings. The van der Waals surface area contributed by atoms with Gasteiger partial charge in [0.15, 0.2) is 0 Å². The van der Waals surface area contributed by atoms with E-state index in [1.807, 2.05) is 36.4 Å². The van der Waals surface area contributed by atoms with Crippen molar-refractivity contribution in [1.29, 1.82) is 0 Å². The van der Waals surface area contributed by atoms with Gasteiger partial charge in [-0.15, -0.1) is 0 Å². The molecule has 0 amide bonds. The summed E-state index contributed by atoms with van der Waals surface area (Å²) >= 11 is 3.34. The standard InChI is InChI=1S/C13H14BrN3O/c14-10-5-6-13(17-9-10)16-7-8-18-12-4-2-1-3-11(12)15/h1-6,9H,7-8,15H2,(H,16,17). The van der Waals surface area contributed by atoms with Crippen molar-refractivity contribution < 1.29 is 4.74 Å². The van der Waals surface area contributed by atoms with Crippen LogP contribution in [0.4, 0.5) is 11.5 Å². The van der Waals surface area contributed by atoms with Gasteiger partial charge in [-0.05, 0) is 40.2 Å². The quantitative estimate of drug-likeness (QED) is 0.658. The van der Waals surface area contributed by atoms with Crippen molar-refractivity contribution >= 4 is 27.4 Å². The molecule has 0 aliphatic rings. The second-order valence-electron chi connectivity index (χ2n) is 3.67. The van der Waals surface area contributed by atoms with Gasteiger partial charge in [0.1, 0.15) is 18.2 Å². The van der Waals surface area contributed by atoms with Gasteiger partial charge in [0, 0.05) is 10.7 Å². The molecule has 4 nitrogen and oxygen atoms in total. The van der Waals surface area contributed by atoms with Crippen molar-refractivity contribution in [1.82, 2.24) is 4.98 Å². The molecule has 2 rings (SSSR count). The van der Waals surface area contributed by atoms with Crippen LogP contribution in [-0.4, -0.2) is 18.1 Å². The molecule has 0 unspecified atom stereocenters. The minimum Gasteiger partial charge on any atom is -0.490 e. The van der Waals surface area contributed by atoms with E-state index in [-0.39, 0.29) is 0 Å². The minimum absolute atomic E-state index is 0.534. The first-order valence-electron chi connectivity index (χ1n) is 5.58. The summed E-state index contributed by atoms with van der Waals surface area (Å²) in [6, 6.07) is 11.3. The van der Waals surface area contributed by atoms with Gasteiger partial charge in [-0.3, -0.25) is 0 Å². The first-order chi connectivity index (χ1) is 8.75. The number of nitrogen functional groups attached to an aromatic ring is 1. The Labute approximate surface area is 114 Å². The number of hydrogen-bond donors (Lipinski definition) is 2. The highest BCUT2D eigenvalue weighted by molar-refractivity contribution is 9.10. The maximum Gasteiger partial charge on any atom is 0.142 e. The molecule has 0 spiro atoms. The summed E-state index contributed by atoms with van der Waals surface area (Å²) in [6.45, 7) is 1.20. The van der Waals surface area contributed by atoms with Gasteiger partial charge in [0.05, 0.1) is 12.2 Å². The lowest BCUT2D eigenvalue weighted by Gasteiger charge is -2.09. The monoisotopic (exact) mass is 307 g/mol. The Hall–Kier alpha value is -1.75. The number of nitrogens with one attached hydrogen (secondary N) is 1. The van der Waals surface area contributed by atoms with Gasteiger partial charge in [0.2, 0.25) is 0 Å². The molecule has 5 heteroatoms. The molecule has 1 heterocycles. The molecule has 1 aromatic heterocycles. The fraction of sp³-hybridized carbons (Fsp3) is 0.154. The largest absolute Gasteiger partial charge is 0.490 e. The third-order valence-corrected chi connectivity index (χ3v) is 2.78. The number of ether oxygens (including phenoxy) is 1. The van der Waals surface area contributed by atoms with Crippen molar-refractivity contribution in [2.24, 2.45) is 0 Å². The van der Waals surface area contributed by atoms with Crippen molar-refractivity contribution in [2.45, 2.75) is 0 Å². The highest BCUT2D eigenvalue weighted by Gasteiger charge is 1.98. The van der Waals surface area contributed by atoms with Crippen LogP contribution in [0.25, 0.3) is 0 Å². The predicted molar refractivity (Wildman–Crippen MR) is 76.8 cm³/mol. The lowest BCUT2D eigenvalue weighted by Crippen LogP contribution is -2.12. The second kappa shape index (κ2) is 6.26. The van der Waals surface area contributed by atoms with Crippen LogP contribution in [0, 0.1) is 0 Å². The average Bonchev–Trinajstić information content (AvgIpc) is 2.39. The van der Waals surface area contributed by atoms with Crippen LogP contribution in [0.15, 0.2) is 47.1 Å². The number of anilines is 2. The van der Waals surface area contributed by atoms with Crippen LogP contribution in [0.2, 0.25) is 0 Å². The maximum absolute atomic E-state index is 5.77. The molecule has 0 saturated carbocycles. The lowest BCUT2D eigenvalue weighted by molar-refractivity contribution is 0.334. The van der Waals surface area contributed by atoms with Crippen LogP contribution in [0.5, 0.6) is 5.75 Å². The van der Waals surface area contributed by atoms with Crippen LogP contribution >= 0.6 is 15.9 Å². The zero-order valence-corrected chi connectivity index (χ0v) is 11.4. The summed E-state index contributed by atoms with van der Waals surface area (Å²) in [4.78, 5) is 4.20. The number of benzene rings is 1. The fourth-order valence-electron chi connectivity index (χ4n) is 1.43. The Kier molecular flexibility index (Phi) is 4.41. The van der Waals surface area contributed by atoms with Crippen LogP contribution in [0.3, 0.4) is 0 Å². The lowest BCUT2D eigenvalue weighted by atomic mass is 10.3. The summed E-state index contributed by atoms with van der Waals surface area (Å²) in [5, 5.41) is 3.16. The van der Waals surface area contributed by atoms with Crippen molar-refractivity contribution in [3.8, 4) is 5.75 Å².